The van der Waals surface area contributed by atoms with Crippen LogP contribution in [0.15, 0.2) is 77.7 Å². The largest absolute Gasteiger partial charge is 0.508 e. The number of benzene rings is 3. The number of amides is 2. The van der Waals surface area contributed by atoms with Crippen LogP contribution in [0.5, 0.6) is 11.5 Å². The Kier molecular flexibility index (Phi) is 5.79. The summed E-state index contributed by atoms with van der Waals surface area (Å²) in [6.45, 7) is 0.387. The molecule has 5 nitrogen and oxygen atoms in total. The van der Waals surface area contributed by atoms with E-state index in [1.807, 2.05) is 36.4 Å². The van der Waals surface area contributed by atoms with Crippen molar-refractivity contribution in [3.05, 3.63) is 93.9 Å². The molecule has 0 spiro atoms. The first kappa shape index (κ1) is 20.1. The molecule has 30 heavy (non-hydrogen) atoms. The van der Waals surface area contributed by atoms with E-state index in [0.717, 1.165) is 27.8 Å². The molecule has 1 heterocycles. The number of phenolic OH excluding ortho intramolecular Hbond substituents is 1. The topological polar surface area (TPSA) is 66.8 Å². The molecular formula is C23H16ClNO4S. The lowest BCUT2D eigenvalue weighted by molar-refractivity contribution is -0.113. The highest BCUT2D eigenvalue weighted by atomic mass is 35.5. The predicted octanol–water partition coefficient (Wildman–Crippen LogP) is 5.87. The lowest BCUT2D eigenvalue weighted by Crippen LogP contribution is -2.27. The van der Waals surface area contributed by atoms with Gasteiger partial charge < -0.3 is 9.84 Å². The average molecular weight is 438 g/mol. The molecule has 1 saturated heterocycles. The van der Waals surface area contributed by atoms with E-state index in [1.165, 1.54) is 24.3 Å². The first-order valence-corrected chi connectivity index (χ1v) is 10.2. The summed E-state index contributed by atoms with van der Waals surface area (Å²) in [5.41, 5.74) is 2.15. The Morgan fingerprint density at radius 2 is 1.73 bits per heavy atom. The molecule has 1 aliphatic rings. The third kappa shape index (κ3) is 4.50. The standard InChI is InChI=1S/C23H16ClNO4S/c24-17-6-4-15(5-7-17)14-29-20-3-1-2-16(12-20)13-21-22(27)25(23(28)30-21)18-8-10-19(26)11-9-18/h1-13,26H,14H2/b21-13-. The van der Waals surface area contributed by atoms with Crippen molar-refractivity contribution in [2.45, 2.75) is 6.61 Å². The van der Waals surface area contributed by atoms with E-state index in [0.29, 0.717) is 28.0 Å². The summed E-state index contributed by atoms with van der Waals surface area (Å²) in [4.78, 5) is 26.5. The molecule has 0 saturated carbocycles. The number of carbonyl (C=O) groups is 2. The summed E-state index contributed by atoms with van der Waals surface area (Å²) in [7, 11) is 0. The Morgan fingerprint density at radius 3 is 2.47 bits per heavy atom. The molecule has 0 radical (unpaired) electrons. The lowest BCUT2D eigenvalue weighted by Gasteiger charge is -2.12. The van der Waals surface area contributed by atoms with Crippen molar-refractivity contribution in [3.63, 3.8) is 0 Å². The molecule has 3 aromatic carbocycles. The van der Waals surface area contributed by atoms with Gasteiger partial charge in [-0.15, -0.1) is 0 Å². The van der Waals surface area contributed by atoms with E-state index >= 15 is 0 Å². The first-order chi connectivity index (χ1) is 14.5. The number of aromatic hydroxyl groups is 1. The monoisotopic (exact) mass is 437 g/mol. The Balaban J connectivity index is 1.49. The van der Waals surface area contributed by atoms with Crippen molar-refractivity contribution in [3.8, 4) is 11.5 Å². The van der Waals surface area contributed by atoms with Gasteiger partial charge in [0.2, 0.25) is 0 Å². The molecular weight excluding hydrogens is 422 g/mol. The molecule has 1 N–H and O–H groups in total. The minimum atomic E-state index is -0.400. The highest BCUT2D eigenvalue weighted by molar-refractivity contribution is 8.19. The van der Waals surface area contributed by atoms with Gasteiger partial charge in [-0.2, -0.15) is 0 Å². The fourth-order valence-electron chi connectivity index (χ4n) is 2.88. The van der Waals surface area contributed by atoms with E-state index in [4.69, 9.17) is 16.3 Å². The Hall–Kier alpha value is -3.22. The molecule has 1 aliphatic heterocycles. The summed E-state index contributed by atoms with van der Waals surface area (Å²) >= 11 is 6.77. The number of halogens is 1. The molecule has 3 aromatic rings. The third-order valence-corrected chi connectivity index (χ3v) is 5.50. The Bertz CT molecular complexity index is 1130. The number of ether oxygens (including phenoxy) is 1. The Morgan fingerprint density at radius 1 is 1.00 bits per heavy atom. The molecule has 1 fully saturated rings. The van der Waals surface area contributed by atoms with Crippen LogP contribution in [0.25, 0.3) is 6.08 Å². The number of phenols is 1. The molecule has 0 unspecified atom stereocenters. The summed E-state index contributed by atoms with van der Waals surface area (Å²) < 4.78 is 5.82. The van der Waals surface area contributed by atoms with Crippen LogP contribution in [0, 0.1) is 0 Å². The molecule has 0 atom stereocenters. The second-order valence-corrected chi connectivity index (χ2v) is 7.95. The number of imide groups is 1. The zero-order valence-electron chi connectivity index (χ0n) is 15.6. The van der Waals surface area contributed by atoms with Gasteiger partial charge in [0.05, 0.1) is 10.6 Å². The normalized spacial score (nSPS) is 15.1. The zero-order valence-corrected chi connectivity index (χ0v) is 17.2. The van der Waals surface area contributed by atoms with E-state index in [1.54, 1.807) is 18.2 Å². The van der Waals surface area contributed by atoms with Gasteiger partial charge in [0, 0.05) is 5.02 Å². The van der Waals surface area contributed by atoms with Crippen LogP contribution in [0.1, 0.15) is 11.1 Å². The van der Waals surface area contributed by atoms with Crippen LogP contribution in [0.4, 0.5) is 10.5 Å². The maximum Gasteiger partial charge on any atom is 0.298 e. The fraction of sp³-hybridized carbons (Fsp3) is 0.0435. The van der Waals surface area contributed by atoms with E-state index in [2.05, 4.69) is 0 Å². The van der Waals surface area contributed by atoms with Gasteiger partial charge in [-0.3, -0.25) is 9.59 Å². The maximum atomic E-state index is 12.7. The van der Waals surface area contributed by atoms with Crippen molar-refractivity contribution in [2.75, 3.05) is 4.90 Å². The second kappa shape index (κ2) is 8.65. The van der Waals surface area contributed by atoms with Crippen LogP contribution in [0.3, 0.4) is 0 Å². The summed E-state index contributed by atoms with van der Waals surface area (Å²) in [5.74, 6) is 0.316. The van der Waals surface area contributed by atoms with Gasteiger partial charge in [0.25, 0.3) is 11.1 Å². The SMILES string of the molecule is O=C1S/C(=C\c2cccc(OCc3ccc(Cl)cc3)c2)C(=O)N1c1ccc(O)cc1. The van der Waals surface area contributed by atoms with Crippen LogP contribution in [0.2, 0.25) is 5.02 Å². The molecule has 7 heteroatoms. The Labute approximate surface area is 182 Å². The highest BCUT2D eigenvalue weighted by Gasteiger charge is 2.36. The smallest absolute Gasteiger partial charge is 0.298 e. The minimum absolute atomic E-state index is 0.0664. The molecule has 4 rings (SSSR count). The zero-order chi connectivity index (χ0) is 21.1. The molecule has 0 aromatic heterocycles. The quantitative estimate of drug-likeness (QED) is 0.506. The number of hydrogen-bond acceptors (Lipinski definition) is 5. The lowest BCUT2D eigenvalue weighted by atomic mass is 10.2. The van der Waals surface area contributed by atoms with Crippen molar-refractivity contribution in [1.29, 1.82) is 0 Å². The molecule has 2 amide bonds. The second-order valence-electron chi connectivity index (χ2n) is 6.52. The number of thioether (sulfide) groups is 1. The molecule has 0 bridgehead atoms. The number of nitrogens with zero attached hydrogens (tertiary/aromatic N) is 1. The summed E-state index contributed by atoms with van der Waals surface area (Å²) in [5, 5.41) is 9.70. The summed E-state index contributed by atoms with van der Waals surface area (Å²) in [6, 6.07) is 20.6. The van der Waals surface area contributed by atoms with Crippen molar-refractivity contribution in [2.24, 2.45) is 0 Å². The number of anilines is 1. The highest BCUT2D eigenvalue weighted by Crippen LogP contribution is 2.36. The average Bonchev–Trinajstić information content (AvgIpc) is 3.02. The fourth-order valence-corrected chi connectivity index (χ4v) is 3.85. The van der Waals surface area contributed by atoms with Crippen molar-refractivity contribution >= 4 is 46.3 Å². The van der Waals surface area contributed by atoms with Gasteiger partial charge in [0.1, 0.15) is 18.1 Å². The van der Waals surface area contributed by atoms with Gasteiger partial charge in [-0.05, 0) is 77.5 Å². The van der Waals surface area contributed by atoms with E-state index in [-0.39, 0.29) is 11.0 Å². The number of rotatable bonds is 5. The maximum absolute atomic E-state index is 12.7. The van der Waals surface area contributed by atoms with Crippen LogP contribution >= 0.6 is 23.4 Å². The molecule has 0 aliphatic carbocycles. The van der Waals surface area contributed by atoms with Gasteiger partial charge >= 0.3 is 0 Å². The van der Waals surface area contributed by atoms with Gasteiger partial charge in [-0.25, -0.2) is 4.90 Å². The number of hydrogen-bond donors (Lipinski definition) is 1. The molecule has 150 valence electrons. The first-order valence-electron chi connectivity index (χ1n) is 9.04. The number of carbonyl (C=O) groups excluding carboxylic acids is 2. The van der Waals surface area contributed by atoms with Crippen molar-refractivity contribution < 1.29 is 19.4 Å². The minimum Gasteiger partial charge on any atom is -0.508 e. The third-order valence-electron chi connectivity index (χ3n) is 4.38. The van der Waals surface area contributed by atoms with Gasteiger partial charge in [0.15, 0.2) is 0 Å². The summed E-state index contributed by atoms with van der Waals surface area (Å²) in [6.07, 6.45) is 1.67. The predicted molar refractivity (Wildman–Crippen MR) is 119 cm³/mol. The van der Waals surface area contributed by atoms with Crippen molar-refractivity contribution in [1.82, 2.24) is 0 Å². The van der Waals surface area contributed by atoms with Crippen LogP contribution < -0.4 is 9.64 Å². The van der Waals surface area contributed by atoms with E-state index < -0.39 is 5.91 Å². The van der Waals surface area contributed by atoms with Crippen LogP contribution in [-0.4, -0.2) is 16.3 Å². The van der Waals surface area contributed by atoms with Crippen LogP contribution in [-0.2, 0) is 11.4 Å². The van der Waals surface area contributed by atoms with E-state index in [9.17, 15) is 14.7 Å². The van der Waals surface area contributed by atoms with Gasteiger partial charge in [-0.1, -0.05) is 35.9 Å².